The van der Waals surface area contributed by atoms with E-state index in [1.807, 2.05) is 34.6 Å². The van der Waals surface area contributed by atoms with Gasteiger partial charge in [-0.25, -0.2) is 0 Å². The minimum absolute atomic E-state index is 0.212. The van der Waals surface area contributed by atoms with Gasteiger partial charge in [0.2, 0.25) is 0 Å². The van der Waals surface area contributed by atoms with E-state index in [4.69, 9.17) is 0 Å². The molecule has 1 aliphatic rings. The number of amides is 1. The van der Waals surface area contributed by atoms with Gasteiger partial charge >= 0.3 is 0 Å². The molecule has 0 unspecified atom stereocenters. The van der Waals surface area contributed by atoms with Crippen LogP contribution in [0, 0.1) is 34.6 Å². The molecule has 1 amide bonds. The monoisotopic (exact) mass is 337 g/mol. The molecule has 1 heterocycles. The lowest BCUT2D eigenvalue weighted by Gasteiger charge is -2.23. The van der Waals surface area contributed by atoms with E-state index in [9.17, 15) is 14.7 Å². The smallest absolute Gasteiger partial charge is 0.261 e. The van der Waals surface area contributed by atoms with E-state index in [1.165, 1.54) is 5.56 Å². The highest BCUT2D eigenvalue weighted by Crippen LogP contribution is 2.39. The number of anilines is 1. The molecule has 0 aromatic heterocycles. The highest BCUT2D eigenvalue weighted by atomic mass is 16.3. The van der Waals surface area contributed by atoms with Crippen LogP contribution in [-0.4, -0.2) is 16.8 Å². The topological polar surface area (TPSA) is 66.4 Å². The summed E-state index contributed by atoms with van der Waals surface area (Å²) >= 11 is 0. The lowest BCUT2D eigenvalue weighted by Crippen LogP contribution is -2.36. The van der Waals surface area contributed by atoms with Crippen molar-refractivity contribution in [2.75, 3.05) is 5.32 Å². The van der Waals surface area contributed by atoms with Crippen molar-refractivity contribution in [2.45, 2.75) is 46.6 Å². The SMILES string of the molecule is Cc1c(C)c(C)c(C(=O)C[C@]2(O)C(=O)Nc3ccccc32)c(C)c1C. The van der Waals surface area contributed by atoms with Gasteiger partial charge in [0.1, 0.15) is 0 Å². The molecule has 4 nitrogen and oxygen atoms in total. The van der Waals surface area contributed by atoms with Gasteiger partial charge in [0.15, 0.2) is 11.4 Å². The van der Waals surface area contributed by atoms with Gasteiger partial charge < -0.3 is 10.4 Å². The third kappa shape index (κ3) is 2.48. The second-order valence-corrected chi connectivity index (χ2v) is 6.96. The van der Waals surface area contributed by atoms with Crippen LogP contribution in [0.25, 0.3) is 0 Å². The predicted octanol–water partition coefficient (Wildman–Crippen LogP) is 3.64. The van der Waals surface area contributed by atoms with E-state index in [-0.39, 0.29) is 12.2 Å². The van der Waals surface area contributed by atoms with E-state index in [0.29, 0.717) is 16.8 Å². The van der Waals surface area contributed by atoms with Crippen molar-refractivity contribution in [2.24, 2.45) is 0 Å². The number of hydrogen-bond donors (Lipinski definition) is 2. The van der Waals surface area contributed by atoms with Crippen molar-refractivity contribution in [3.8, 4) is 0 Å². The number of para-hydroxylation sites is 1. The Balaban J connectivity index is 2.06. The van der Waals surface area contributed by atoms with Crippen molar-refractivity contribution in [1.29, 1.82) is 0 Å². The number of ketones is 1. The molecule has 0 saturated carbocycles. The Bertz CT molecular complexity index is 885. The lowest BCUT2D eigenvalue weighted by atomic mass is 9.82. The fourth-order valence-electron chi connectivity index (χ4n) is 3.72. The first kappa shape index (κ1) is 17.4. The third-order valence-electron chi connectivity index (χ3n) is 5.69. The van der Waals surface area contributed by atoms with E-state index in [2.05, 4.69) is 5.32 Å². The molecule has 1 atom stereocenters. The van der Waals surface area contributed by atoms with Crippen molar-refractivity contribution in [3.63, 3.8) is 0 Å². The number of fused-ring (bicyclic) bond motifs is 1. The van der Waals surface area contributed by atoms with Gasteiger partial charge in [-0.2, -0.15) is 0 Å². The molecule has 0 bridgehead atoms. The van der Waals surface area contributed by atoms with Gasteiger partial charge in [0.05, 0.1) is 6.42 Å². The summed E-state index contributed by atoms with van der Waals surface area (Å²) in [6.45, 7) is 9.90. The minimum atomic E-state index is -1.82. The summed E-state index contributed by atoms with van der Waals surface area (Å²) in [4.78, 5) is 25.4. The molecule has 2 aromatic carbocycles. The standard InChI is InChI=1S/C21H23NO3/c1-11-12(2)14(4)19(15(5)13(11)3)18(23)10-21(25)16-8-6-7-9-17(16)22-20(21)24/h6-9,25H,10H2,1-5H3,(H,22,24)/t21-/m1/s1. The average Bonchev–Trinajstić information content (AvgIpc) is 2.82. The first-order valence-electron chi connectivity index (χ1n) is 8.42. The maximum Gasteiger partial charge on any atom is 0.261 e. The number of benzene rings is 2. The molecule has 0 radical (unpaired) electrons. The molecule has 0 saturated heterocycles. The highest BCUT2D eigenvalue weighted by molar-refractivity contribution is 6.10. The third-order valence-corrected chi connectivity index (χ3v) is 5.69. The van der Waals surface area contributed by atoms with Gasteiger partial charge in [0, 0.05) is 16.8 Å². The Labute approximate surface area is 147 Å². The maximum atomic E-state index is 13.1. The Hall–Kier alpha value is -2.46. The predicted molar refractivity (Wildman–Crippen MR) is 98.0 cm³/mol. The number of aliphatic hydroxyl groups is 1. The number of rotatable bonds is 3. The first-order chi connectivity index (χ1) is 11.7. The van der Waals surface area contributed by atoms with Crippen molar-refractivity contribution >= 4 is 17.4 Å². The first-order valence-corrected chi connectivity index (χ1v) is 8.42. The Kier molecular flexibility index (Phi) is 4.04. The van der Waals surface area contributed by atoms with Crippen LogP contribution in [0.4, 0.5) is 5.69 Å². The molecule has 2 aromatic rings. The molecule has 0 fully saturated rings. The molecule has 0 spiro atoms. The largest absolute Gasteiger partial charge is 0.375 e. The van der Waals surface area contributed by atoms with Crippen LogP contribution < -0.4 is 5.32 Å². The zero-order chi connectivity index (χ0) is 18.5. The number of carbonyl (C=O) groups is 2. The van der Waals surface area contributed by atoms with Gasteiger partial charge in [-0.3, -0.25) is 9.59 Å². The van der Waals surface area contributed by atoms with E-state index in [1.54, 1.807) is 24.3 Å². The number of nitrogens with one attached hydrogen (secondary N) is 1. The van der Waals surface area contributed by atoms with Crippen LogP contribution >= 0.6 is 0 Å². The van der Waals surface area contributed by atoms with Gasteiger partial charge in [-0.15, -0.1) is 0 Å². The zero-order valence-corrected chi connectivity index (χ0v) is 15.3. The van der Waals surface area contributed by atoms with E-state index in [0.717, 1.165) is 22.3 Å². The van der Waals surface area contributed by atoms with Gasteiger partial charge in [-0.05, 0) is 68.5 Å². The Morgan fingerprint density at radius 2 is 1.48 bits per heavy atom. The molecule has 0 aliphatic carbocycles. The molecule has 2 N–H and O–H groups in total. The fraction of sp³-hybridized carbons (Fsp3) is 0.333. The molecule has 4 heteroatoms. The molecular formula is C21H23NO3. The van der Waals surface area contributed by atoms with Crippen LogP contribution in [0.2, 0.25) is 0 Å². The molecule has 130 valence electrons. The quantitative estimate of drug-likeness (QED) is 0.840. The minimum Gasteiger partial charge on any atom is -0.375 e. The normalized spacial score (nSPS) is 18.9. The summed E-state index contributed by atoms with van der Waals surface area (Å²) in [5.74, 6) is -0.756. The summed E-state index contributed by atoms with van der Waals surface area (Å²) < 4.78 is 0. The van der Waals surface area contributed by atoms with Crippen LogP contribution in [0.3, 0.4) is 0 Å². The number of carbonyl (C=O) groups excluding carboxylic acids is 2. The molecule has 25 heavy (non-hydrogen) atoms. The lowest BCUT2D eigenvalue weighted by molar-refractivity contribution is -0.133. The Morgan fingerprint density at radius 1 is 0.960 bits per heavy atom. The summed E-state index contributed by atoms with van der Waals surface area (Å²) in [6, 6.07) is 6.96. The molecular weight excluding hydrogens is 314 g/mol. The van der Waals surface area contributed by atoms with Crippen molar-refractivity contribution in [1.82, 2.24) is 0 Å². The number of Topliss-reactive ketones (excluding diaryl/α,β-unsaturated/α-hetero) is 1. The summed E-state index contributed by atoms with van der Waals surface area (Å²) in [7, 11) is 0. The van der Waals surface area contributed by atoms with Crippen LogP contribution in [0.15, 0.2) is 24.3 Å². The van der Waals surface area contributed by atoms with Gasteiger partial charge in [0.25, 0.3) is 5.91 Å². The second-order valence-electron chi connectivity index (χ2n) is 6.96. The van der Waals surface area contributed by atoms with Crippen LogP contribution in [0.1, 0.15) is 50.2 Å². The van der Waals surface area contributed by atoms with Crippen molar-refractivity contribution in [3.05, 3.63) is 63.2 Å². The van der Waals surface area contributed by atoms with Crippen LogP contribution in [-0.2, 0) is 10.4 Å². The fourth-order valence-corrected chi connectivity index (χ4v) is 3.72. The second kappa shape index (κ2) is 5.81. The maximum absolute atomic E-state index is 13.1. The number of hydrogen-bond acceptors (Lipinski definition) is 3. The van der Waals surface area contributed by atoms with E-state index >= 15 is 0 Å². The summed E-state index contributed by atoms with van der Waals surface area (Å²) in [5, 5.41) is 13.7. The Morgan fingerprint density at radius 3 is 2.08 bits per heavy atom. The molecule has 3 rings (SSSR count). The van der Waals surface area contributed by atoms with Crippen LogP contribution in [0.5, 0.6) is 0 Å². The summed E-state index contributed by atoms with van der Waals surface area (Å²) in [6.07, 6.45) is -0.264. The highest BCUT2D eigenvalue weighted by Gasteiger charge is 2.46. The zero-order valence-electron chi connectivity index (χ0n) is 15.3. The summed E-state index contributed by atoms with van der Waals surface area (Å²) in [5.41, 5.74) is 4.99. The van der Waals surface area contributed by atoms with Gasteiger partial charge in [-0.1, -0.05) is 18.2 Å². The van der Waals surface area contributed by atoms with Crippen molar-refractivity contribution < 1.29 is 14.7 Å². The molecule has 1 aliphatic heterocycles. The van der Waals surface area contributed by atoms with E-state index < -0.39 is 11.5 Å². The average molecular weight is 337 g/mol.